The van der Waals surface area contributed by atoms with Crippen LogP contribution in [0.4, 0.5) is 68.2 Å². The molecule has 9 aromatic rings. The maximum absolute atomic E-state index is 13.4. The third-order valence-electron chi connectivity index (χ3n) is 15.1. The second-order valence-corrected chi connectivity index (χ2v) is 35.6. The van der Waals surface area contributed by atoms with Gasteiger partial charge < -0.3 is 30.5 Å². The van der Waals surface area contributed by atoms with Crippen LogP contribution in [0.15, 0.2) is 182 Å². The van der Waals surface area contributed by atoms with Crippen LogP contribution in [0.1, 0.15) is 24.0 Å². The highest BCUT2D eigenvalue weighted by Crippen LogP contribution is 2.51. The molecule has 0 atom stereocenters. The fraction of sp³-hybridized carbons (Fsp3) is 0.143. The molecule has 0 radical (unpaired) electrons. The van der Waals surface area contributed by atoms with Crippen LogP contribution in [0, 0.1) is 24.0 Å². The van der Waals surface area contributed by atoms with Gasteiger partial charge in [0.25, 0.3) is 96.8 Å². The predicted molar refractivity (Wildman–Crippen MR) is 379 cm³/mol. The Kier molecular flexibility index (Phi) is 23.3. The summed E-state index contributed by atoms with van der Waals surface area (Å²) in [6.45, 7) is 1.75. The van der Waals surface area contributed by atoms with E-state index in [0.717, 1.165) is 30.3 Å². The summed E-state index contributed by atoms with van der Waals surface area (Å²) < 4.78 is 326. The first-order valence-corrected chi connectivity index (χ1v) is 42.7. The molecule has 111 heavy (non-hydrogen) atoms. The molecule has 55 heteroatoms. The molecule has 0 spiro atoms. The molecule has 0 aliphatic rings. The molecule has 0 bridgehead atoms. The lowest BCUT2D eigenvalue weighted by Gasteiger charge is -2.15. The van der Waals surface area contributed by atoms with E-state index >= 15 is 0 Å². The molecule has 0 aromatic heterocycles. The number of nitrogens with two attached hydrogens (primary N) is 1. The van der Waals surface area contributed by atoms with Crippen LogP contribution in [0.5, 0.6) is 28.7 Å². The zero-order chi connectivity index (χ0) is 82.6. The molecular formula is C56H48N12O34S9. The number of nitrogens with zero attached hydrogens (tertiary/aromatic N) is 11. The standard InChI is InChI=1S/C56H48N12O34S9/c1-25-15-38(42(101-11-3-13-103(74,75)76)22-36(25)61-59-34-9-10-44(106(83,84)85)31-18-28(105(80,81)82)19-41(69)49(31)34)63-62-37-23-43(102-12-4-14-104(77,78)79)39(16-26(37)2)64-66-52-47(109(92,93)94)20-30-29(54(52)70)6-8-35(56(30)111(98,99)100)60-65-40-24-45(107(86,87)88)32-21-48(110(95,96)97)53(55(71)50(32)51(40)57)67-58-33-7-5-27(68(72)73)17-46(33)108(89,90)91/h5-10,15-24,69-71H,3-4,11-14,57H2,1-2H3,(H,74,75,76)(H,77,78,79)(H,80,81,82)(H,83,84,85)(H,86,87,88)(H,89,90,91)(H,92,93,94)(H,95,96,97)(H,98,99,100)/b61-59-,63-62-,65-60?,66-64?,67-58-. The first-order valence-electron chi connectivity index (χ1n) is 29.4. The van der Waals surface area contributed by atoms with Crippen LogP contribution >= 0.6 is 0 Å². The van der Waals surface area contributed by atoms with Gasteiger partial charge >= 0.3 is 0 Å². The number of benzene rings is 9. The number of aryl methyl sites for hydroxylation is 2. The molecule has 0 fully saturated rings. The summed E-state index contributed by atoms with van der Waals surface area (Å²) >= 11 is 0. The minimum atomic E-state index is -5.84. The van der Waals surface area contributed by atoms with Gasteiger partial charge in [-0.15, -0.1) is 40.9 Å². The third kappa shape index (κ3) is 19.5. The lowest BCUT2D eigenvalue weighted by molar-refractivity contribution is -0.385. The Balaban J connectivity index is 1.14. The number of azo groups is 5. The Morgan fingerprint density at radius 1 is 0.378 bits per heavy atom. The van der Waals surface area contributed by atoms with Gasteiger partial charge in [0.05, 0.1) is 68.1 Å². The molecular weight excluding hydrogens is 1670 g/mol. The molecule has 0 aliphatic carbocycles. The Hall–Kier alpha value is -10.9. The number of rotatable bonds is 28. The van der Waals surface area contributed by atoms with E-state index in [1.54, 1.807) is 0 Å². The molecule has 0 saturated carbocycles. The largest absolute Gasteiger partial charge is 0.507 e. The summed E-state index contributed by atoms with van der Waals surface area (Å²) in [6, 6.07) is 11.3. The molecule has 46 nitrogen and oxygen atoms in total. The van der Waals surface area contributed by atoms with Gasteiger partial charge in [-0.3, -0.25) is 51.1 Å². The third-order valence-corrected chi connectivity index (χ3v) is 22.9. The molecule has 0 amide bonds. The van der Waals surface area contributed by atoms with Crippen molar-refractivity contribution in [1.82, 2.24) is 0 Å². The maximum atomic E-state index is 13.4. The van der Waals surface area contributed by atoms with Crippen LogP contribution in [0.2, 0.25) is 0 Å². The van der Waals surface area contributed by atoms with Crippen LogP contribution in [-0.4, -0.2) is 162 Å². The maximum Gasteiger partial charge on any atom is 0.297 e. The van der Waals surface area contributed by atoms with E-state index in [2.05, 4.69) is 51.1 Å². The van der Waals surface area contributed by atoms with Gasteiger partial charge in [-0.25, -0.2) is 0 Å². The number of hydrogen-bond donors (Lipinski definition) is 13. The summed E-state index contributed by atoms with van der Waals surface area (Å²) in [4.78, 5) is 1.05. The number of aromatic hydroxyl groups is 3. The molecule has 9 aromatic carbocycles. The molecule has 14 N–H and O–H groups in total. The minimum absolute atomic E-state index is 0.0575. The average Bonchev–Trinajstić information content (AvgIpc) is 0.757. The van der Waals surface area contributed by atoms with Crippen molar-refractivity contribution in [3.63, 3.8) is 0 Å². The first-order chi connectivity index (χ1) is 51.0. The van der Waals surface area contributed by atoms with Crippen LogP contribution in [0.25, 0.3) is 32.3 Å². The van der Waals surface area contributed by atoms with Gasteiger partial charge in [-0.05, 0) is 105 Å². The van der Waals surface area contributed by atoms with Crippen molar-refractivity contribution in [3.05, 3.63) is 118 Å². The summed E-state index contributed by atoms with van der Waals surface area (Å²) in [6.07, 6.45) is -0.786. The average molecular weight is 1720 g/mol. The number of nitro benzene ring substituents is 1. The highest BCUT2D eigenvalue weighted by Gasteiger charge is 2.33. The van der Waals surface area contributed by atoms with Crippen LogP contribution in [0.3, 0.4) is 0 Å². The van der Waals surface area contributed by atoms with E-state index in [4.69, 9.17) is 15.2 Å². The number of anilines is 1. The number of phenols is 3. The van der Waals surface area contributed by atoms with Crippen molar-refractivity contribution in [2.75, 3.05) is 30.5 Å². The zero-order valence-corrected chi connectivity index (χ0v) is 62.3. The van der Waals surface area contributed by atoms with Gasteiger partial charge in [0.1, 0.15) is 86.4 Å². The van der Waals surface area contributed by atoms with E-state index < -0.39 is 262 Å². The normalized spacial score (nSPS) is 13.4. The Morgan fingerprint density at radius 3 is 1.28 bits per heavy atom. The van der Waals surface area contributed by atoms with E-state index in [1.807, 2.05) is 0 Å². The van der Waals surface area contributed by atoms with Gasteiger partial charge in [0.2, 0.25) is 0 Å². The van der Waals surface area contributed by atoms with E-state index in [0.29, 0.717) is 42.5 Å². The van der Waals surface area contributed by atoms with E-state index in [9.17, 15) is 142 Å². The number of hydrogen-bond acceptors (Lipinski definition) is 36. The van der Waals surface area contributed by atoms with Crippen LogP contribution < -0.4 is 15.2 Å². The van der Waals surface area contributed by atoms with Crippen LogP contribution in [-0.2, 0) is 91.1 Å². The van der Waals surface area contributed by atoms with Crippen molar-refractivity contribution >= 4 is 192 Å². The Morgan fingerprint density at radius 2 is 0.802 bits per heavy atom. The molecule has 0 saturated heterocycles. The monoisotopic (exact) mass is 1720 g/mol. The molecule has 590 valence electrons. The predicted octanol–water partition coefficient (Wildman–Crippen LogP) is 10.5. The molecule has 0 unspecified atom stereocenters. The number of nitrogen functional groups attached to an aromatic ring is 1. The lowest BCUT2D eigenvalue weighted by atomic mass is 10.0. The smallest absolute Gasteiger partial charge is 0.297 e. The summed E-state index contributed by atoms with van der Waals surface area (Å²) in [5.41, 5.74) is -2.43. The fourth-order valence-electron chi connectivity index (χ4n) is 10.2. The van der Waals surface area contributed by atoms with Crippen molar-refractivity contribution in [2.24, 2.45) is 51.1 Å². The quantitative estimate of drug-likeness (QED) is 0.00541. The van der Waals surface area contributed by atoms with Crippen molar-refractivity contribution in [2.45, 2.75) is 61.0 Å². The number of non-ortho nitro benzene ring substituents is 1. The van der Waals surface area contributed by atoms with Crippen molar-refractivity contribution in [3.8, 4) is 28.7 Å². The molecule has 0 aliphatic heterocycles. The summed E-state index contributed by atoms with van der Waals surface area (Å²) in [7, 11) is -47.9. The number of ether oxygens (including phenoxy) is 2. The molecule has 0 heterocycles. The highest BCUT2D eigenvalue weighted by molar-refractivity contribution is 7.88. The number of nitro groups is 1. The summed E-state index contributed by atoms with van der Waals surface area (Å²) in [5.74, 6) is -6.30. The van der Waals surface area contributed by atoms with Crippen molar-refractivity contribution < 1.29 is 146 Å². The highest BCUT2D eigenvalue weighted by atomic mass is 32.3. The second kappa shape index (κ2) is 30.8. The lowest BCUT2D eigenvalue weighted by Crippen LogP contribution is -2.08. The SMILES string of the molecule is Cc1cc(N=Nc2c(S(=O)(=O)O)cc3c(S(=O)(=O)O)c(N=Nc4cc(S(=O)(=O)O)c5cc(S(=O)(=O)O)c(/N=N\c6ccc([N+](=O)[O-])cc6S(=O)(=O)O)c(O)c5c4N)ccc3c2O)c(OCCCS(=O)(=O)O)cc1/N=N\c1cc(C)c(/N=N\c2ccc(S(=O)(=O)O)c3cc(S(=O)(=O)O)cc(O)c23)cc1OCCCS(=O)(=O)O. The second-order valence-electron chi connectivity index (χ2n) is 22.8. The zero-order valence-electron chi connectivity index (χ0n) is 55.0. The van der Waals surface area contributed by atoms with Gasteiger partial charge in [0, 0.05) is 51.9 Å². The fourth-order valence-corrected chi connectivity index (χ4v) is 15.8. The first kappa shape index (κ1) is 84.2. The summed E-state index contributed by atoms with van der Waals surface area (Å²) in [5, 5.41) is 79.2. The Bertz CT molecular complexity index is 6790. The topological polar surface area (TPSA) is 761 Å². The number of phenolic OH excluding ortho intramolecular Hbond substituents is 3. The van der Waals surface area contributed by atoms with Gasteiger partial charge in [-0.2, -0.15) is 86.0 Å². The minimum Gasteiger partial charge on any atom is -0.507 e. The Labute approximate surface area is 623 Å². The van der Waals surface area contributed by atoms with E-state index in [1.165, 1.54) is 26.0 Å². The van der Waals surface area contributed by atoms with Gasteiger partial charge in [0.15, 0.2) is 11.5 Å². The van der Waals surface area contributed by atoms with Crippen molar-refractivity contribution in [1.29, 1.82) is 0 Å². The van der Waals surface area contributed by atoms with Gasteiger partial charge in [-0.1, -0.05) is 0 Å². The number of fused-ring (bicyclic) bond motifs is 3. The van der Waals surface area contributed by atoms with E-state index in [-0.39, 0.29) is 58.2 Å². The molecule has 9 rings (SSSR count).